The maximum Gasteiger partial charge on any atom is 0.138 e. The van der Waals surface area contributed by atoms with E-state index in [9.17, 15) is 0 Å². The van der Waals surface area contributed by atoms with Gasteiger partial charge in [0.1, 0.15) is 10.6 Å². The molecule has 0 bridgehead atoms. The first-order valence-corrected chi connectivity index (χ1v) is 8.66. The fraction of sp³-hybridized carbons (Fsp3) is 0. The third-order valence-electron chi connectivity index (χ3n) is 3.81. The second kappa shape index (κ2) is 6.85. The zero-order valence-electron chi connectivity index (χ0n) is 13.8. The number of aromatic nitrogens is 3. The summed E-state index contributed by atoms with van der Waals surface area (Å²) in [5.74, 6) is 0. The highest BCUT2D eigenvalue weighted by Gasteiger charge is 2.15. The van der Waals surface area contributed by atoms with Crippen LogP contribution in [0.1, 0.15) is 5.69 Å². The molecule has 4 aromatic heterocycles. The molecule has 0 N–H and O–H groups in total. The van der Waals surface area contributed by atoms with Crippen LogP contribution in [0.2, 0.25) is 0 Å². The van der Waals surface area contributed by atoms with Crippen molar-refractivity contribution in [3.63, 3.8) is 0 Å². The van der Waals surface area contributed by atoms with E-state index in [4.69, 9.17) is 9.40 Å². The fourth-order valence-electron chi connectivity index (χ4n) is 2.62. The van der Waals surface area contributed by atoms with E-state index in [1.54, 1.807) is 42.1 Å². The van der Waals surface area contributed by atoms with Crippen LogP contribution in [-0.4, -0.2) is 21.7 Å². The van der Waals surface area contributed by atoms with E-state index < -0.39 is 0 Å². The van der Waals surface area contributed by atoms with Crippen LogP contribution in [0, 0.1) is 0 Å². The summed E-state index contributed by atoms with van der Waals surface area (Å²) in [5, 5.41) is 1.82. The van der Waals surface area contributed by atoms with Gasteiger partial charge in [-0.15, -0.1) is 11.3 Å². The number of allylic oxidation sites excluding steroid dienone is 2. The number of rotatable bonds is 5. The first kappa shape index (κ1) is 16.1. The normalized spacial score (nSPS) is 11.6. The van der Waals surface area contributed by atoms with Gasteiger partial charge in [-0.05, 0) is 31.0 Å². The molecule has 0 aliphatic rings. The Hall–Kier alpha value is -3.38. The molecule has 26 heavy (non-hydrogen) atoms. The van der Waals surface area contributed by atoms with Crippen molar-refractivity contribution in [1.29, 1.82) is 0 Å². The minimum atomic E-state index is 0.636. The van der Waals surface area contributed by atoms with E-state index in [0.717, 1.165) is 32.1 Å². The summed E-state index contributed by atoms with van der Waals surface area (Å²) in [6.07, 6.45) is 10.4. The molecule has 0 aliphatic carbocycles. The van der Waals surface area contributed by atoms with E-state index >= 15 is 0 Å². The van der Waals surface area contributed by atoms with Crippen molar-refractivity contribution in [3.8, 4) is 21.1 Å². The van der Waals surface area contributed by atoms with Crippen LogP contribution in [0.4, 0.5) is 0 Å². The maximum atomic E-state index is 5.60. The lowest BCUT2D eigenvalue weighted by atomic mass is 10.1. The van der Waals surface area contributed by atoms with Gasteiger partial charge in [-0.3, -0.25) is 9.98 Å². The SMILES string of the molecule is C=C/C=C(\N=C)c1cc2occc2c(-c2cnc(-c3cccnc3)s2)n1. The first-order valence-electron chi connectivity index (χ1n) is 7.85. The van der Waals surface area contributed by atoms with E-state index in [2.05, 4.69) is 28.3 Å². The van der Waals surface area contributed by atoms with Crippen molar-refractivity contribution in [2.24, 2.45) is 4.99 Å². The summed E-state index contributed by atoms with van der Waals surface area (Å²) in [5.41, 5.74) is 3.83. The van der Waals surface area contributed by atoms with Crippen LogP contribution in [0.15, 0.2) is 77.3 Å². The Kier molecular flexibility index (Phi) is 4.25. The van der Waals surface area contributed by atoms with Gasteiger partial charge in [0, 0.05) is 35.6 Å². The molecule has 4 heterocycles. The minimum absolute atomic E-state index is 0.636. The van der Waals surface area contributed by atoms with Gasteiger partial charge >= 0.3 is 0 Å². The van der Waals surface area contributed by atoms with Crippen LogP contribution in [0.3, 0.4) is 0 Å². The van der Waals surface area contributed by atoms with E-state index in [0.29, 0.717) is 11.4 Å². The molecule has 0 amide bonds. The molecule has 4 rings (SSSR count). The lowest BCUT2D eigenvalue weighted by Gasteiger charge is -2.04. The smallest absolute Gasteiger partial charge is 0.138 e. The number of thiazole rings is 1. The summed E-state index contributed by atoms with van der Waals surface area (Å²) in [6, 6.07) is 7.64. The molecular formula is C20H14N4OS. The Morgan fingerprint density at radius 1 is 1.27 bits per heavy atom. The highest BCUT2D eigenvalue weighted by atomic mass is 32.1. The summed E-state index contributed by atoms with van der Waals surface area (Å²) < 4.78 is 5.60. The van der Waals surface area contributed by atoms with Crippen molar-refractivity contribution >= 4 is 34.7 Å². The van der Waals surface area contributed by atoms with Crippen molar-refractivity contribution in [1.82, 2.24) is 15.0 Å². The molecule has 4 aromatic rings. The van der Waals surface area contributed by atoms with Crippen molar-refractivity contribution in [2.75, 3.05) is 0 Å². The van der Waals surface area contributed by atoms with Crippen molar-refractivity contribution < 1.29 is 4.42 Å². The quantitative estimate of drug-likeness (QED) is 0.361. The van der Waals surface area contributed by atoms with Gasteiger partial charge in [-0.1, -0.05) is 12.7 Å². The number of hydrogen-bond donors (Lipinski definition) is 0. The van der Waals surface area contributed by atoms with Gasteiger partial charge in [0.05, 0.1) is 28.2 Å². The third-order valence-corrected chi connectivity index (χ3v) is 4.86. The lowest BCUT2D eigenvalue weighted by molar-refractivity contribution is 0.615. The summed E-state index contributed by atoms with van der Waals surface area (Å²) in [4.78, 5) is 18.5. The summed E-state index contributed by atoms with van der Waals surface area (Å²) in [7, 11) is 0. The van der Waals surface area contributed by atoms with Crippen LogP contribution in [-0.2, 0) is 0 Å². The number of nitrogens with zero attached hydrogens (tertiary/aromatic N) is 4. The minimum Gasteiger partial charge on any atom is -0.464 e. The van der Waals surface area contributed by atoms with Gasteiger partial charge < -0.3 is 4.42 Å². The molecule has 0 saturated carbocycles. The maximum absolute atomic E-state index is 5.60. The van der Waals surface area contributed by atoms with Crippen molar-refractivity contribution in [2.45, 2.75) is 0 Å². The molecular weight excluding hydrogens is 344 g/mol. The topological polar surface area (TPSA) is 64.2 Å². The monoisotopic (exact) mass is 358 g/mol. The Labute approximate surface area is 154 Å². The molecule has 0 spiro atoms. The van der Waals surface area contributed by atoms with Crippen LogP contribution < -0.4 is 0 Å². The van der Waals surface area contributed by atoms with E-state index in [1.807, 2.05) is 30.5 Å². The second-order valence-corrected chi connectivity index (χ2v) is 6.44. The molecule has 0 aliphatic heterocycles. The fourth-order valence-corrected chi connectivity index (χ4v) is 3.53. The predicted octanol–water partition coefficient (Wildman–Crippen LogP) is 5.24. The molecule has 0 unspecified atom stereocenters. The van der Waals surface area contributed by atoms with Gasteiger partial charge in [0.15, 0.2) is 0 Å². The third kappa shape index (κ3) is 2.87. The van der Waals surface area contributed by atoms with Gasteiger partial charge in [0.2, 0.25) is 0 Å². The number of aliphatic imine (C=N–C) groups is 1. The average Bonchev–Trinajstić information content (AvgIpc) is 3.35. The molecule has 5 nitrogen and oxygen atoms in total. The highest BCUT2D eigenvalue weighted by molar-refractivity contribution is 7.18. The molecule has 0 radical (unpaired) electrons. The molecule has 126 valence electrons. The van der Waals surface area contributed by atoms with Crippen molar-refractivity contribution in [3.05, 3.63) is 73.5 Å². The van der Waals surface area contributed by atoms with E-state index in [1.165, 1.54) is 0 Å². The Morgan fingerprint density at radius 3 is 2.96 bits per heavy atom. The zero-order valence-corrected chi connectivity index (χ0v) is 14.6. The number of hydrogen-bond acceptors (Lipinski definition) is 6. The average molecular weight is 358 g/mol. The summed E-state index contributed by atoms with van der Waals surface area (Å²) in [6.45, 7) is 7.33. The molecule has 6 heteroatoms. The molecule has 0 atom stereocenters. The van der Waals surface area contributed by atoms with Crippen LogP contribution in [0.5, 0.6) is 0 Å². The highest BCUT2D eigenvalue weighted by Crippen LogP contribution is 2.36. The number of furan rings is 1. The van der Waals surface area contributed by atoms with Gasteiger partial charge in [-0.2, -0.15) is 0 Å². The lowest BCUT2D eigenvalue weighted by Crippen LogP contribution is -1.90. The predicted molar refractivity (Wildman–Crippen MR) is 106 cm³/mol. The second-order valence-electron chi connectivity index (χ2n) is 5.41. The molecule has 0 fully saturated rings. The van der Waals surface area contributed by atoms with Gasteiger partial charge in [-0.25, -0.2) is 9.97 Å². The van der Waals surface area contributed by atoms with Gasteiger partial charge in [0.25, 0.3) is 0 Å². The Balaban J connectivity index is 1.87. The Morgan fingerprint density at radius 2 is 2.19 bits per heavy atom. The standard InChI is InChI=1S/C20H14N4OS/c1-3-5-15(21-2)16-10-17-14(7-9-25-17)19(24-16)18-12-23-20(26-18)13-6-4-8-22-11-13/h3-12H,1-2H2/b15-5-. The number of fused-ring (bicyclic) bond motifs is 1. The zero-order chi connectivity index (χ0) is 17.9. The largest absolute Gasteiger partial charge is 0.464 e. The van der Waals surface area contributed by atoms with E-state index in [-0.39, 0.29) is 0 Å². The van der Waals surface area contributed by atoms with Crippen LogP contribution >= 0.6 is 11.3 Å². The Bertz CT molecular complexity index is 1130. The molecule has 0 saturated heterocycles. The number of pyridine rings is 2. The first-order chi connectivity index (χ1) is 12.8. The molecule has 0 aromatic carbocycles. The van der Waals surface area contributed by atoms with Crippen LogP contribution in [0.25, 0.3) is 37.8 Å². The summed E-state index contributed by atoms with van der Waals surface area (Å²) >= 11 is 1.56.